The van der Waals surface area contributed by atoms with Gasteiger partial charge >= 0.3 is 0 Å². The largest absolute Gasteiger partial charge is 0.493 e. The van der Waals surface area contributed by atoms with Crippen molar-refractivity contribution in [1.29, 1.82) is 0 Å². The minimum atomic E-state index is -0.0102. The number of methoxy groups -OCH3 is 1. The van der Waals surface area contributed by atoms with E-state index >= 15 is 0 Å². The molecule has 2 rings (SSSR count). The molecule has 1 aromatic carbocycles. The normalized spacial score (nSPS) is 18.0. The molecule has 0 amide bonds. The molecule has 1 fully saturated rings. The molecule has 1 aliphatic heterocycles. The van der Waals surface area contributed by atoms with Gasteiger partial charge in [0, 0.05) is 19.6 Å². The third kappa shape index (κ3) is 6.10. The molecule has 0 saturated carbocycles. The fourth-order valence-corrected chi connectivity index (χ4v) is 3.31. The van der Waals surface area contributed by atoms with Gasteiger partial charge in [-0.05, 0) is 59.5 Å². The monoisotopic (exact) mass is 436 g/mol. The lowest BCUT2D eigenvalue weighted by atomic mass is 10.1. The zero-order chi connectivity index (χ0) is 16.5. The van der Waals surface area contributed by atoms with Crippen LogP contribution in [0.15, 0.2) is 12.1 Å². The van der Waals surface area contributed by atoms with E-state index in [1.54, 1.807) is 13.2 Å². The van der Waals surface area contributed by atoms with Gasteiger partial charge in [-0.15, -0.1) is 0 Å². The molecule has 1 aliphatic rings. The van der Waals surface area contributed by atoms with E-state index < -0.39 is 0 Å². The number of hydrogen-bond donors (Lipinski definition) is 1. The van der Waals surface area contributed by atoms with Crippen LogP contribution in [0.3, 0.4) is 0 Å². The van der Waals surface area contributed by atoms with E-state index in [9.17, 15) is 5.11 Å². The molecule has 130 valence electrons. The number of benzene rings is 1. The van der Waals surface area contributed by atoms with Crippen LogP contribution in [0, 0.1) is 3.57 Å². The second-order valence-corrected chi connectivity index (χ2v) is 6.69. The summed E-state index contributed by atoms with van der Waals surface area (Å²) >= 11 is 2.19. The molecule has 1 aromatic rings. The molecule has 6 heteroatoms. The molecule has 1 heterocycles. The summed E-state index contributed by atoms with van der Waals surface area (Å²) in [6.45, 7) is 2.75. The molecule has 1 atom stereocenters. The standard InChI is InChI=1S/C17H25IO5/c1-20-16-10-13(11-19)9-15(18)17(16)23-8-4-6-21-12-14-5-2-3-7-22-14/h9-10,14,19H,2-8,11-12H2,1H3/t14-/m1/s1. The van der Waals surface area contributed by atoms with Crippen LogP contribution in [0.25, 0.3) is 0 Å². The van der Waals surface area contributed by atoms with Crippen LogP contribution < -0.4 is 9.47 Å². The van der Waals surface area contributed by atoms with E-state index in [1.165, 1.54) is 12.8 Å². The minimum absolute atomic E-state index is 0.0102. The predicted molar refractivity (Wildman–Crippen MR) is 96.2 cm³/mol. The molecule has 0 aromatic heterocycles. The lowest BCUT2D eigenvalue weighted by Gasteiger charge is -2.22. The van der Waals surface area contributed by atoms with Crippen molar-refractivity contribution in [2.75, 3.05) is 33.5 Å². The lowest BCUT2D eigenvalue weighted by molar-refractivity contribution is -0.0419. The fraction of sp³-hybridized carbons (Fsp3) is 0.647. The number of halogens is 1. The minimum Gasteiger partial charge on any atom is -0.493 e. The lowest BCUT2D eigenvalue weighted by Crippen LogP contribution is -2.24. The summed E-state index contributed by atoms with van der Waals surface area (Å²) in [5, 5.41) is 9.23. The van der Waals surface area contributed by atoms with Gasteiger partial charge in [-0.1, -0.05) is 0 Å². The smallest absolute Gasteiger partial charge is 0.174 e. The molecule has 0 radical (unpaired) electrons. The Morgan fingerprint density at radius 3 is 2.87 bits per heavy atom. The van der Waals surface area contributed by atoms with E-state index in [-0.39, 0.29) is 12.7 Å². The number of aliphatic hydroxyl groups excluding tert-OH is 1. The summed E-state index contributed by atoms with van der Waals surface area (Å²) in [4.78, 5) is 0. The Labute approximate surface area is 151 Å². The Hall–Kier alpha value is -0.570. The number of ether oxygens (including phenoxy) is 4. The summed E-state index contributed by atoms with van der Waals surface area (Å²) in [6, 6.07) is 3.70. The summed E-state index contributed by atoms with van der Waals surface area (Å²) in [6.07, 6.45) is 4.58. The summed E-state index contributed by atoms with van der Waals surface area (Å²) in [5.74, 6) is 1.37. The molecule has 0 bridgehead atoms. The van der Waals surface area contributed by atoms with E-state index in [2.05, 4.69) is 22.6 Å². The second-order valence-electron chi connectivity index (χ2n) is 5.53. The Morgan fingerprint density at radius 2 is 2.17 bits per heavy atom. The van der Waals surface area contributed by atoms with Crippen molar-refractivity contribution in [3.8, 4) is 11.5 Å². The molecule has 23 heavy (non-hydrogen) atoms. The number of hydrogen-bond acceptors (Lipinski definition) is 5. The molecule has 1 saturated heterocycles. The number of aliphatic hydroxyl groups is 1. The van der Waals surface area contributed by atoms with E-state index in [0.29, 0.717) is 25.6 Å². The summed E-state index contributed by atoms with van der Waals surface area (Å²) < 4.78 is 23.4. The van der Waals surface area contributed by atoms with Crippen LogP contribution in [0.5, 0.6) is 11.5 Å². The molecular weight excluding hydrogens is 411 g/mol. The fourth-order valence-electron chi connectivity index (χ4n) is 2.49. The van der Waals surface area contributed by atoms with Gasteiger partial charge in [-0.2, -0.15) is 0 Å². The van der Waals surface area contributed by atoms with Crippen LogP contribution >= 0.6 is 22.6 Å². The van der Waals surface area contributed by atoms with Crippen LogP contribution in [0.2, 0.25) is 0 Å². The predicted octanol–water partition coefficient (Wildman–Crippen LogP) is 3.15. The quantitative estimate of drug-likeness (QED) is 0.476. The summed E-state index contributed by atoms with van der Waals surface area (Å²) in [7, 11) is 1.60. The first-order valence-electron chi connectivity index (χ1n) is 8.04. The second kappa shape index (κ2) is 10.3. The molecule has 0 aliphatic carbocycles. The van der Waals surface area contributed by atoms with Crippen molar-refractivity contribution in [3.05, 3.63) is 21.3 Å². The first-order valence-corrected chi connectivity index (χ1v) is 9.12. The van der Waals surface area contributed by atoms with Crippen molar-refractivity contribution in [1.82, 2.24) is 0 Å². The average molecular weight is 436 g/mol. The molecule has 5 nitrogen and oxygen atoms in total. The van der Waals surface area contributed by atoms with Crippen LogP contribution in [0.4, 0.5) is 0 Å². The van der Waals surface area contributed by atoms with Gasteiger partial charge in [-0.3, -0.25) is 0 Å². The topological polar surface area (TPSA) is 57.2 Å². The Morgan fingerprint density at radius 1 is 1.30 bits per heavy atom. The molecular formula is C17H25IO5. The zero-order valence-electron chi connectivity index (χ0n) is 13.6. The van der Waals surface area contributed by atoms with Gasteiger partial charge in [0.05, 0.1) is 36.6 Å². The van der Waals surface area contributed by atoms with Crippen LogP contribution in [-0.2, 0) is 16.1 Å². The Kier molecular flexibility index (Phi) is 8.43. The van der Waals surface area contributed by atoms with Gasteiger partial charge < -0.3 is 24.1 Å². The maximum absolute atomic E-state index is 9.23. The zero-order valence-corrected chi connectivity index (χ0v) is 15.7. The van der Waals surface area contributed by atoms with Gasteiger partial charge in [-0.25, -0.2) is 0 Å². The Balaban J connectivity index is 1.69. The van der Waals surface area contributed by atoms with Crippen molar-refractivity contribution < 1.29 is 24.1 Å². The van der Waals surface area contributed by atoms with Crippen LogP contribution in [-0.4, -0.2) is 44.7 Å². The number of rotatable bonds is 9. The third-order valence-electron chi connectivity index (χ3n) is 3.73. The van der Waals surface area contributed by atoms with E-state index in [0.717, 1.165) is 34.3 Å². The van der Waals surface area contributed by atoms with Crippen molar-refractivity contribution in [3.63, 3.8) is 0 Å². The molecule has 0 unspecified atom stereocenters. The first-order chi connectivity index (χ1) is 11.2. The third-order valence-corrected chi connectivity index (χ3v) is 4.53. The Bertz CT molecular complexity index is 474. The van der Waals surface area contributed by atoms with E-state index in [1.807, 2.05) is 6.07 Å². The van der Waals surface area contributed by atoms with Crippen molar-refractivity contribution >= 4 is 22.6 Å². The van der Waals surface area contributed by atoms with Gasteiger partial charge in [0.25, 0.3) is 0 Å². The van der Waals surface area contributed by atoms with Gasteiger partial charge in [0.1, 0.15) is 0 Å². The maximum atomic E-state index is 9.23. The molecule has 1 N–H and O–H groups in total. The van der Waals surface area contributed by atoms with Crippen LogP contribution in [0.1, 0.15) is 31.2 Å². The highest BCUT2D eigenvalue weighted by atomic mass is 127. The SMILES string of the molecule is COc1cc(CO)cc(I)c1OCCCOC[C@H]1CCCCO1. The van der Waals surface area contributed by atoms with E-state index in [4.69, 9.17) is 18.9 Å². The van der Waals surface area contributed by atoms with Gasteiger partial charge in [0.2, 0.25) is 0 Å². The maximum Gasteiger partial charge on any atom is 0.174 e. The first kappa shape index (κ1) is 18.8. The van der Waals surface area contributed by atoms with Crippen molar-refractivity contribution in [2.24, 2.45) is 0 Å². The van der Waals surface area contributed by atoms with Crippen molar-refractivity contribution in [2.45, 2.75) is 38.4 Å². The highest BCUT2D eigenvalue weighted by molar-refractivity contribution is 14.1. The highest BCUT2D eigenvalue weighted by Gasteiger charge is 2.14. The molecule has 0 spiro atoms. The average Bonchev–Trinajstić information content (AvgIpc) is 2.59. The van der Waals surface area contributed by atoms with Gasteiger partial charge in [0.15, 0.2) is 11.5 Å². The highest BCUT2D eigenvalue weighted by Crippen LogP contribution is 2.34. The summed E-state index contributed by atoms with van der Waals surface area (Å²) in [5.41, 5.74) is 0.814.